The Bertz CT molecular complexity index is 857. The van der Waals surface area contributed by atoms with Gasteiger partial charge in [-0.1, -0.05) is 12.7 Å². The first kappa shape index (κ1) is 19.3. The second kappa shape index (κ2) is 7.91. The molecule has 6 heteroatoms. The van der Waals surface area contributed by atoms with Crippen molar-refractivity contribution in [1.29, 1.82) is 0 Å². The molecule has 2 heterocycles. The summed E-state index contributed by atoms with van der Waals surface area (Å²) in [4.78, 5) is 20.6. The molecule has 136 valence electrons. The second-order valence-electron chi connectivity index (χ2n) is 6.17. The molecule has 0 aliphatic heterocycles. The first-order valence-electron chi connectivity index (χ1n) is 7.97. The van der Waals surface area contributed by atoms with Crippen LogP contribution in [0.25, 0.3) is 16.8 Å². The predicted octanol–water partition coefficient (Wildman–Crippen LogP) is 4.63. The monoisotopic (exact) mass is 356 g/mol. The summed E-state index contributed by atoms with van der Waals surface area (Å²) in [5, 5.41) is 0. The molecule has 0 atom stereocenters. The van der Waals surface area contributed by atoms with E-state index in [-0.39, 0.29) is 11.8 Å². The van der Waals surface area contributed by atoms with Crippen molar-refractivity contribution in [3.05, 3.63) is 66.8 Å². The van der Waals surface area contributed by atoms with Gasteiger partial charge in [0.2, 0.25) is 5.89 Å². The van der Waals surface area contributed by atoms with Gasteiger partial charge in [0.15, 0.2) is 0 Å². The van der Waals surface area contributed by atoms with Gasteiger partial charge in [0.25, 0.3) is 0 Å². The lowest BCUT2D eigenvalue weighted by atomic mass is 9.88. The van der Waals surface area contributed by atoms with Crippen molar-refractivity contribution in [1.82, 2.24) is 9.97 Å². The van der Waals surface area contributed by atoms with Crippen LogP contribution in [0.1, 0.15) is 32.4 Å². The normalized spacial score (nSPS) is 12.8. The summed E-state index contributed by atoms with van der Waals surface area (Å²) in [7, 11) is 1.35. The summed E-state index contributed by atoms with van der Waals surface area (Å²) >= 11 is 0. The first-order valence-corrected chi connectivity index (χ1v) is 7.97. The largest absolute Gasteiger partial charge is 0.468 e. The fraction of sp³-hybridized carbons (Fsp3) is 0.250. The number of hydrogen-bond acceptors (Lipinski definition) is 5. The van der Waals surface area contributed by atoms with Crippen LogP contribution in [0.2, 0.25) is 0 Å². The van der Waals surface area contributed by atoms with Crippen molar-refractivity contribution in [2.24, 2.45) is 0 Å². The highest BCUT2D eigenvalue weighted by Crippen LogP contribution is 2.26. The van der Waals surface area contributed by atoms with Gasteiger partial charge in [-0.2, -0.15) is 0 Å². The van der Waals surface area contributed by atoms with E-state index >= 15 is 0 Å². The van der Waals surface area contributed by atoms with E-state index in [1.165, 1.54) is 38.5 Å². The highest BCUT2D eigenvalue weighted by molar-refractivity contribution is 5.81. The molecule has 2 aromatic rings. The number of pyridine rings is 1. The quantitative estimate of drug-likeness (QED) is 0.558. The van der Waals surface area contributed by atoms with E-state index in [1.54, 1.807) is 32.2 Å². The van der Waals surface area contributed by atoms with Gasteiger partial charge >= 0.3 is 5.97 Å². The van der Waals surface area contributed by atoms with Gasteiger partial charge in [-0.3, -0.25) is 9.78 Å². The zero-order chi connectivity index (χ0) is 19.3. The Hall–Kier alpha value is -3.02. The van der Waals surface area contributed by atoms with Gasteiger partial charge in [0.1, 0.15) is 17.4 Å². The standard InChI is InChI=1S/C20H21FN2O3/c1-6-14(8-7-13(2)21)18-23-16(12-26-18)15-9-10-17(22-11-15)20(3,4)19(24)25-5/h6-12H,1H2,2-5H3. The number of carbonyl (C=O) groups excluding carboxylic acids is 1. The van der Waals surface area contributed by atoms with E-state index in [1.807, 2.05) is 0 Å². The van der Waals surface area contributed by atoms with Crippen molar-refractivity contribution < 1.29 is 18.3 Å². The third-order valence-electron chi connectivity index (χ3n) is 3.86. The maximum absolute atomic E-state index is 12.9. The van der Waals surface area contributed by atoms with E-state index in [2.05, 4.69) is 16.5 Å². The molecule has 0 N–H and O–H groups in total. The molecular weight excluding hydrogens is 335 g/mol. The number of nitrogens with zero attached hydrogens (tertiary/aromatic N) is 2. The van der Waals surface area contributed by atoms with Crippen LogP contribution >= 0.6 is 0 Å². The summed E-state index contributed by atoms with van der Waals surface area (Å²) in [5.74, 6) is -0.367. The summed E-state index contributed by atoms with van der Waals surface area (Å²) < 4.78 is 23.2. The summed E-state index contributed by atoms with van der Waals surface area (Å²) in [6.07, 6.45) is 7.49. The van der Waals surface area contributed by atoms with Crippen LogP contribution in [0, 0.1) is 0 Å². The molecule has 0 spiro atoms. The molecule has 26 heavy (non-hydrogen) atoms. The number of oxazole rings is 1. The highest BCUT2D eigenvalue weighted by Gasteiger charge is 2.32. The number of rotatable bonds is 6. The van der Waals surface area contributed by atoms with Crippen LogP contribution in [0.5, 0.6) is 0 Å². The van der Waals surface area contributed by atoms with E-state index in [0.717, 1.165) is 5.56 Å². The molecular formula is C20H21FN2O3. The zero-order valence-corrected chi connectivity index (χ0v) is 15.2. The maximum Gasteiger partial charge on any atom is 0.317 e. The molecule has 2 rings (SSSR count). The number of esters is 1. The summed E-state index contributed by atoms with van der Waals surface area (Å²) in [5.41, 5.74) is 1.60. The van der Waals surface area contributed by atoms with E-state index in [0.29, 0.717) is 22.9 Å². The third-order valence-corrected chi connectivity index (χ3v) is 3.86. The number of hydrogen-bond donors (Lipinski definition) is 0. The van der Waals surface area contributed by atoms with Gasteiger partial charge in [0, 0.05) is 17.3 Å². The van der Waals surface area contributed by atoms with Gasteiger partial charge in [0.05, 0.1) is 18.6 Å². The SMILES string of the molecule is C=CC(=CC=C(C)F)c1nc(-c2ccc(C(C)(C)C(=O)OC)nc2)co1. The molecule has 0 aromatic carbocycles. The maximum atomic E-state index is 12.9. The molecule has 0 amide bonds. The van der Waals surface area contributed by atoms with Crippen molar-refractivity contribution in [3.63, 3.8) is 0 Å². The van der Waals surface area contributed by atoms with Crippen LogP contribution in [-0.4, -0.2) is 23.0 Å². The van der Waals surface area contributed by atoms with Crippen LogP contribution < -0.4 is 0 Å². The van der Waals surface area contributed by atoms with E-state index in [9.17, 15) is 9.18 Å². The van der Waals surface area contributed by atoms with E-state index < -0.39 is 5.41 Å². The Morgan fingerprint density at radius 3 is 2.62 bits per heavy atom. The number of halogens is 1. The Morgan fingerprint density at radius 1 is 1.35 bits per heavy atom. The minimum atomic E-state index is -0.850. The number of aromatic nitrogens is 2. The Morgan fingerprint density at radius 2 is 2.08 bits per heavy atom. The van der Waals surface area contributed by atoms with Crippen LogP contribution in [0.4, 0.5) is 4.39 Å². The average Bonchev–Trinajstić information content (AvgIpc) is 3.11. The minimum Gasteiger partial charge on any atom is -0.468 e. The van der Waals surface area contributed by atoms with Gasteiger partial charge in [-0.25, -0.2) is 9.37 Å². The molecule has 0 unspecified atom stereocenters. The molecule has 0 aliphatic carbocycles. The molecule has 0 saturated heterocycles. The molecule has 0 radical (unpaired) electrons. The fourth-order valence-corrected chi connectivity index (χ4v) is 2.24. The van der Waals surface area contributed by atoms with E-state index in [4.69, 9.17) is 9.15 Å². The third kappa shape index (κ3) is 4.14. The smallest absolute Gasteiger partial charge is 0.317 e. The van der Waals surface area contributed by atoms with Gasteiger partial charge in [-0.15, -0.1) is 0 Å². The van der Waals surface area contributed by atoms with Crippen molar-refractivity contribution in [2.75, 3.05) is 7.11 Å². The molecule has 0 aliphatic rings. The zero-order valence-electron chi connectivity index (χ0n) is 15.2. The number of ether oxygens (including phenoxy) is 1. The van der Waals surface area contributed by atoms with Crippen LogP contribution in [0.15, 0.2) is 59.6 Å². The molecule has 5 nitrogen and oxygen atoms in total. The Balaban J connectivity index is 2.30. The number of carbonyl (C=O) groups is 1. The molecule has 0 fully saturated rings. The number of allylic oxidation sites excluding steroid dienone is 5. The molecule has 2 aromatic heterocycles. The van der Waals surface area contributed by atoms with Crippen LogP contribution in [0.3, 0.4) is 0 Å². The summed E-state index contributed by atoms with van der Waals surface area (Å²) in [6.45, 7) is 8.53. The van der Waals surface area contributed by atoms with Crippen molar-refractivity contribution in [2.45, 2.75) is 26.2 Å². The first-order chi connectivity index (χ1) is 12.3. The van der Waals surface area contributed by atoms with Gasteiger partial charge in [-0.05, 0) is 45.1 Å². The molecule has 0 bridgehead atoms. The lowest BCUT2D eigenvalue weighted by Crippen LogP contribution is -2.31. The second-order valence-corrected chi connectivity index (χ2v) is 6.17. The Labute approximate surface area is 151 Å². The minimum absolute atomic E-state index is 0.325. The Kier molecular flexibility index (Phi) is 5.87. The molecule has 0 saturated carbocycles. The topological polar surface area (TPSA) is 65.2 Å². The lowest BCUT2D eigenvalue weighted by Gasteiger charge is -2.20. The highest BCUT2D eigenvalue weighted by atomic mass is 19.1. The van der Waals surface area contributed by atoms with Crippen molar-refractivity contribution in [3.8, 4) is 11.3 Å². The average molecular weight is 356 g/mol. The van der Waals surface area contributed by atoms with Crippen LogP contribution in [-0.2, 0) is 14.9 Å². The van der Waals surface area contributed by atoms with Gasteiger partial charge < -0.3 is 9.15 Å². The summed E-state index contributed by atoms with van der Waals surface area (Å²) in [6, 6.07) is 3.55. The fourth-order valence-electron chi connectivity index (χ4n) is 2.24. The lowest BCUT2D eigenvalue weighted by molar-refractivity contribution is -0.146. The number of methoxy groups -OCH3 is 1. The predicted molar refractivity (Wildman–Crippen MR) is 97.8 cm³/mol. The van der Waals surface area contributed by atoms with Crippen molar-refractivity contribution >= 4 is 11.5 Å².